The van der Waals surface area contributed by atoms with E-state index in [0.717, 1.165) is 0 Å². The third-order valence-electron chi connectivity index (χ3n) is 3.87. The van der Waals surface area contributed by atoms with E-state index in [1.54, 1.807) is 6.07 Å². The lowest BCUT2D eigenvalue weighted by molar-refractivity contribution is -0.187. The highest BCUT2D eigenvalue weighted by molar-refractivity contribution is 7.89. The van der Waals surface area contributed by atoms with Gasteiger partial charge in [-0.15, -0.1) is 0 Å². The number of rotatable bonds is 5. The number of hydrogen-bond donors (Lipinski definition) is 1. The quantitative estimate of drug-likeness (QED) is 0.857. The van der Waals surface area contributed by atoms with Gasteiger partial charge in [-0.1, -0.05) is 12.1 Å². The molecule has 1 N–H and O–H groups in total. The third kappa shape index (κ3) is 3.70. The molecule has 0 aromatic heterocycles. The van der Waals surface area contributed by atoms with Crippen molar-refractivity contribution in [1.82, 2.24) is 4.31 Å². The fourth-order valence-corrected chi connectivity index (χ4v) is 4.22. The predicted molar refractivity (Wildman–Crippen MR) is 76.6 cm³/mol. The normalized spacial score (nSPS) is 22.7. The molecule has 134 valence electrons. The van der Waals surface area contributed by atoms with Crippen LogP contribution in [0.2, 0.25) is 0 Å². The molecule has 1 aliphatic rings. The first-order valence-corrected chi connectivity index (χ1v) is 8.39. The molecule has 0 unspecified atom stereocenters. The monoisotopic (exact) mass is 367 g/mol. The SMILES string of the molecule is COCc1cccc(S(=O)(=O)N2C[C@@H](C(F)(F)F)[C@H](C(=O)O)C2)c1. The van der Waals surface area contributed by atoms with E-state index < -0.39 is 47.1 Å². The van der Waals surface area contributed by atoms with E-state index in [2.05, 4.69) is 0 Å². The first-order valence-electron chi connectivity index (χ1n) is 6.95. The van der Waals surface area contributed by atoms with Crippen LogP contribution < -0.4 is 0 Å². The number of ether oxygens (including phenoxy) is 1. The number of sulfonamides is 1. The molecule has 0 bridgehead atoms. The average Bonchev–Trinajstić information content (AvgIpc) is 2.94. The van der Waals surface area contributed by atoms with E-state index >= 15 is 0 Å². The van der Waals surface area contributed by atoms with Crippen molar-refractivity contribution in [3.8, 4) is 0 Å². The van der Waals surface area contributed by atoms with Gasteiger partial charge in [-0.3, -0.25) is 4.79 Å². The van der Waals surface area contributed by atoms with Crippen molar-refractivity contribution in [2.45, 2.75) is 17.7 Å². The maximum atomic E-state index is 13.0. The van der Waals surface area contributed by atoms with Crippen molar-refractivity contribution in [2.75, 3.05) is 20.2 Å². The number of carboxylic acid groups (broad SMARTS) is 1. The van der Waals surface area contributed by atoms with E-state index in [0.29, 0.717) is 9.87 Å². The number of carbonyl (C=O) groups is 1. The van der Waals surface area contributed by atoms with Gasteiger partial charge in [-0.25, -0.2) is 8.42 Å². The van der Waals surface area contributed by atoms with Gasteiger partial charge in [0.2, 0.25) is 10.0 Å². The summed E-state index contributed by atoms with van der Waals surface area (Å²) in [7, 11) is -2.80. The molecule has 0 spiro atoms. The fourth-order valence-electron chi connectivity index (χ4n) is 2.66. The van der Waals surface area contributed by atoms with Crippen LogP contribution in [0.1, 0.15) is 5.56 Å². The number of methoxy groups -OCH3 is 1. The molecule has 2 atom stereocenters. The number of aliphatic carboxylic acids is 1. The van der Waals surface area contributed by atoms with Gasteiger partial charge in [0, 0.05) is 20.2 Å². The van der Waals surface area contributed by atoms with Crippen LogP contribution in [-0.2, 0) is 26.2 Å². The first kappa shape index (κ1) is 18.7. The number of carboxylic acids is 1. The summed E-state index contributed by atoms with van der Waals surface area (Å²) in [5, 5.41) is 8.98. The average molecular weight is 367 g/mol. The van der Waals surface area contributed by atoms with Crippen LogP contribution in [0.15, 0.2) is 29.2 Å². The topological polar surface area (TPSA) is 83.9 Å². The summed E-state index contributed by atoms with van der Waals surface area (Å²) >= 11 is 0. The maximum Gasteiger partial charge on any atom is 0.393 e. The van der Waals surface area contributed by atoms with Gasteiger partial charge in [0.1, 0.15) is 0 Å². The molecule has 0 saturated carbocycles. The van der Waals surface area contributed by atoms with Crippen LogP contribution in [-0.4, -0.2) is 50.2 Å². The Hall–Kier alpha value is -1.65. The molecule has 10 heteroatoms. The second-order valence-electron chi connectivity index (χ2n) is 5.50. The van der Waals surface area contributed by atoms with Crippen molar-refractivity contribution >= 4 is 16.0 Å². The molecule has 1 aromatic carbocycles. The van der Waals surface area contributed by atoms with Gasteiger partial charge in [-0.2, -0.15) is 17.5 Å². The molecule has 0 radical (unpaired) electrons. The Labute approximate surface area is 136 Å². The van der Waals surface area contributed by atoms with Crippen LogP contribution in [0.3, 0.4) is 0 Å². The number of hydrogen-bond acceptors (Lipinski definition) is 4. The number of alkyl halides is 3. The third-order valence-corrected chi connectivity index (χ3v) is 5.70. The Morgan fingerprint density at radius 1 is 1.38 bits per heavy atom. The van der Waals surface area contributed by atoms with E-state index in [9.17, 15) is 26.4 Å². The maximum absolute atomic E-state index is 13.0. The second kappa shape index (κ2) is 6.69. The Kier molecular flexibility index (Phi) is 5.21. The summed E-state index contributed by atoms with van der Waals surface area (Å²) in [6.07, 6.45) is -4.79. The zero-order valence-electron chi connectivity index (χ0n) is 12.7. The van der Waals surface area contributed by atoms with E-state index in [4.69, 9.17) is 9.84 Å². The van der Waals surface area contributed by atoms with Crippen molar-refractivity contribution in [3.05, 3.63) is 29.8 Å². The molecule has 1 fully saturated rings. The van der Waals surface area contributed by atoms with E-state index in [-0.39, 0.29) is 11.5 Å². The van der Waals surface area contributed by atoms with Gasteiger partial charge in [0.15, 0.2) is 0 Å². The summed E-state index contributed by atoms with van der Waals surface area (Å²) in [4.78, 5) is 10.9. The van der Waals surface area contributed by atoms with Crippen LogP contribution in [0.5, 0.6) is 0 Å². The largest absolute Gasteiger partial charge is 0.481 e. The van der Waals surface area contributed by atoms with Crippen molar-refractivity contribution in [3.63, 3.8) is 0 Å². The number of nitrogens with zero attached hydrogens (tertiary/aromatic N) is 1. The molecule has 6 nitrogen and oxygen atoms in total. The molecule has 2 rings (SSSR count). The summed E-state index contributed by atoms with van der Waals surface area (Å²) in [5.74, 6) is -5.71. The molecular formula is C14H16F3NO5S. The Bertz CT molecular complexity index is 719. The summed E-state index contributed by atoms with van der Waals surface area (Å²) in [6.45, 7) is -1.47. The summed E-state index contributed by atoms with van der Waals surface area (Å²) in [5.41, 5.74) is 0.542. The zero-order chi connectivity index (χ0) is 18.1. The van der Waals surface area contributed by atoms with Gasteiger partial charge in [0.25, 0.3) is 0 Å². The fraction of sp³-hybridized carbons (Fsp3) is 0.500. The smallest absolute Gasteiger partial charge is 0.393 e. The number of halogens is 3. The Morgan fingerprint density at radius 2 is 2.04 bits per heavy atom. The molecule has 0 amide bonds. The van der Waals surface area contributed by atoms with E-state index in [1.807, 2.05) is 0 Å². The van der Waals surface area contributed by atoms with Crippen LogP contribution in [0.4, 0.5) is 13.2 Å². The molecule has 0 aliphatic carbocycles. The lowest BCUT2D eigenvalue weighted by atomic mass is 9.96. The summed E-state index contributed by atoms with van der Waals surface area (Å²) < 4.78 is 69.6. The highest BCUT2D eigenvalue weighted by Crippen LogP contribution is 2.39. The van der Waals surface area contributed by atoms with Crippen LogP contribution in [0, 0.1) is 11.8 Å². The molecule has 1 saturated heterocycles. The minimum atomic E-state index is -4.79. The molecule has 1 heterocycles. The lowest BCUT2D eigenvalue weighted by Crippen LogP contribution is -2.34. The molecule has 1 aromatic rings. The standard InChI is InChI=1S/C14H16F3NO5S/c1-23-8-9-3-2-4-10(5-9)24(21,22)18-6-11(13(19)20)12(7-18)14(15,16)17/h2-5,11-12H,6-8H2,1H3,(H,19,20)/t11-,12-/m1/s1. The minimum absolute atomic E-state index is 0.145. The second-order valence-corrected chi connectivity index (χ2v) is 7.43. The van der Waals surface area contributed by atoms with Crippen LogP contribution in [0.25, 0.3) is 0 Å². The molecular weight excluding hydrogens is 351 g/mol. The van der Waals surface area contributed by atoms with Gasteiger partial charge in [0.05, 0.1) is 23.3 Å². The number of benzene rings is 1. The molecule has 24 heavy (non-hydrogen) atoms. The van der Waals surface area contributed by atoms with Crippen molar-refractivity contribution in [1.29, 1.82) is 0 Å². The van der Waals surface area contributed by atoms with Crippen LogP contribution >= 0.6 is 0 Å². The predicted octanol–water partition coefficient (Wildman–Crippen LogP) is 1.72. The summed E-state index contributed by atoms with van der Waals surface area (Å²) in [6, 6.07) is 5.62. The first-order chi connectivity index (χ1) is 11.1. The molecule has 1 aliphatic heterocycles. The Balaban J connectivity index is 2.33. The zero-order valence-corrected chi connectivity index (χ0v) is 13.5. The van der Waals surface area contributed by atoms with E-state index in [1.165, 1.54) is 25.3 Å². The van der Waals surface area contributed by atoms with Crippen molar-refractivity contribution in [2.24, 2.45) is 11.8 Å². The van der Waals surface area contributed by atoms with Gasteiger partial charge < -0.3 is 9.84 Å². The highest BCUT2D eigenvalue weighted by atomic mass is 32.2. The lowest BCUT2D eigenvalue weighted by Gasteiger charge is -2.18. The van der Waals surface area contributed by atoms with Crippen molar-refractivity contribution < 1.29 is 36.2 Å². The minimum Gasteiger partial charge on any atom is -0.481 e. The van der Waals surface area contributed by atoms with Gasteiger partial charge in [-0.05, 0) is 17.7 Å². The highest BCUT2D eigenvalue weighted by Gasteiger charge is 2.54. The van der Waals surface area contributed by atoms with Gasteiger partial charge >= 0.3 is 12.1 Å². The Morgan fingerprint density at radius 3 is 2.54 bits per heavy atom.